The highest BCUT2D eigenvalue weighted by Crippen LogP contribution is 2.16. The number of hydrogen-bond donors (Lipinski definition) is 0. The molecule has 0 aliphatic carbocycles. The number of aryl methyl sites for hydroxylation is 1. The van der Waals surface area contributed by atoms with Gasteiger partial charge in [-0.3, -0.25) is 4.79 Å². The van der Waals surface area contributed by atoms with Crippen LogP contribution in [-0.2, 0) is 6.42 Å². The van der Waals surface area contributed by atoms with Crippen molar-refractivity contribution in [3.63, 3.8) is 0 Å². The summed E-state index contributed by atoms with van der Waals surface area (Å²) in [5.41, 5.74) is 4.32. The Labute approximate surface area is 85.5 Å². The average molecular weight is 188 g/mol. The Balaban J connectivity index is 2.93. The number of allylic oxidation sites excluding steroid dienone is 1. The van der Waals surface area contributed by atoms with Gasteiger partial charge in [0.15, 0.2) is 0 Å². The molecule has 0 aliphatic rings. The molecule has 0 N–H and O–H groups in total. The fraction of sp³-hybridized carbons (Fsp3) is 0.308. The van der Waals surface area contributed by atoms with Crippen molar-refractivity contribution in [2.45, 2.75) is 26.7 Å². The van der Waals surface area contributed by atoms with E-state index < -0.39 is 0 Å². The lowest BCUT2D eigenvalue weighted by Gasteiger charge is -2.08. The van der Waals surface area contributed by atoms with Crippen LogP contribution in [0.25, 0.3) is 0 Å². The predicted molar refractivity (Wildman–Crippen MR) is 59.7 cm³/mol. The molecule has 0 atom stereocenters. The summed E-state index contributed by atoms with van der Waals surface area (Å²) in [7, 11) is 0. The molecule has 0 unspecified atom stereocenters. The Morgan fingerprint density at radius 2 is 2.21 bits per heavy atom. The third-order valence-electron chi connectivity index (χ3n) is 2.38. The smallest absolute Gasteiger partial charge is 0.150 e. The zero-order valence-corrected chi connectivity index (χ0v) is 8.84. The second-order valence-corrected chi connectivity index (χ2v) is 3.72. The van der Waals surface area contributed by atoms with E-state index in [1.165, 1.54) is 5.56 Å². The lowest BCUT2D eigenvalue weighted by atomic mass is 9.97. The molecule has 74 valence electrons. The van der Waals surface area contributed by atoms with Gasteiger partial charge in [-0.1, -0.05) is 23.8 Å². The number of benzene rings is 1. The minimum atomic E-state index is 0.811. The molecule has 1 aromatic rings. The highest BCUT2D eigenvalue weighted by Gasteiger charge is 2.04. The summed E-state index contributed by atoms with van der Waals surface area (Å²) in [5.74, 6) is 0. The van der Waals surface area contributed by atoms with Crippen LogP contribution in [0, 0.1) is 6.92 Å². The summed E-state index contributed by atoms with van der Waals surface area (Å²) in [6, 6.07) is 5.83. The van der Waals surface area contributed by atoms with Gasteiger partial charge in [-0.15, -0.1) is 6.58 Å². The van der Waals surface area contributed by atoms with Gasteiger partial charge >= 0.3 is 0 Å². The van der Waals surface area contributed by atoms with Crippen LogP contribution in [0.3, 0.4) is 0 Å². The standard InChI is InChI=1S/C13H16O/c1-10(2)7-8-13-11(3)5-4-6-12(13)9-14/h4-6,9H,1,7-8H2,2-3H3. The molecule has 0 saturated carbocycles. The van der Waals surface area contributed by atoms with E-state index in [0.29, 0.717) is 0 Å². The zero-order valence-electron chi connectivity index (χ0n) is 8.84. The Morgan fingerprint density at radius 3 is 2.79 bits per heavy atom. The van der Waals surface area contributed by atoms with Gasteiger partial charge in [0.25, 0.3) is 0 Å². The van der Waals surface area contributed by atoms with Crippen molar-refractivity contribution in [2.24, 2.45) is 0 Å². The summed E-state index contributed by atoms with van der Waals surface area (Å²) >= 11 is 0. The molecule has 14 heavy (non-hydrogen) atoms. The Morgan fingerprint density at radius 1 is 1.50 bits per heavy atom. The first-order valence-corrected chi connectivity index (χ1v) is 4.83. The van der Waals surface area contributed by atoms with E-state index >= 15 is 0 Å². The molecule has 1 heteroatoms. The molecule has 0 aromatic heterocycles. The van der Waals surface area contributed by atoms with Crippen molar-refractivity contribution in [3.8, 4) is 0 Å². The van der Waals surface area contributed by atoms with Gasteiger partial charge in [0.1, 0.15) is 6.29 Å². The molecule has 0 heterocycles. The number of carbonyl (C=O) groups excluding carboxylic acids is 1. The largest absolute Gasteiger partial charge is 0.298 e. The molecule has 1 rings (SSSR count). The first-order chi connectivity index (χ1) is 6.65. The van der Waals surface area contributed by atoms with Gasteiger partial charge in [-0.2, -0.15) is 0 Å². The number of hydrogen-bond acceptors (Lipinski definition) is 1. The Kier molecular flexibility index (Phi) is 3.63. The summed E-state index contributed by atoms with van der Waals surface area (Å²) < 4.78 is 0. The molecule has 1 aromatic carbocycles. The van der Waals surface area contributed by atoms with Crippen molar-refractivity contribution >= 4 is 6.29 Å². The monoisotopic (exact) mass is 188 g/mol. The van der Waals surface area contributed by atoms with Crippen LogP contribution in [-0.4, -0.2) is 6.29 Å². The lowest BCUT2D eigenvalue weighted by molar-refractivity contribution is 0.112. The Bertz CT molecular complexity index is 350. The van der Waals surface area contributed by atoms with Gasteiger partial charge in [0.2, 0.25) is 0 Å². The molecule has 1 nitrogen and oxygen atoms in total. The SMILES string of the molecule is C=C(C)CCc1c(C)cccc1C=O. The summed E-state index contributed by atoms with van der Waals surface area (Å²) in [6.45, 7) is 7.92. The predicted octanol–water partition coefficient (Wildman–Crippen LogP) is 3.32. The van der Waals surface area contributed by atoms with Crippen molar-refractivity contribution in [1.82, 2.24) is 0 Å². The zero-order chi connectivity index (χ0) is 10.6. The van der Waals surface area contributed by atoms with Crippen molar-refractivity contribution in [1.29, 1.82) is 0 Å². The maximum atomic E-state index is 10.8. The number of carbonyl (C=O) groups is 1. The van der Waals surface area contributed by atoms with Crippen molar-refractivity contribution in [3.05, 3.63) is 47.0 Å². The molecule has 0 saturated heterocycles. The van der Waals surface area contributed by atoms with E-state index in [4.69, 9.17) is 0 Å². The lowest BCUT2D eigenvalue weighted by Crippen LogP contribution is -1.96. The number of rotatable bonds is 4. The van der Waals surface area contributed by atoms with E-state index in [9.17, 15) is 4.79 Å². The highest BCUT2D eigenvalue weighted by atomic mass is 16.1. The van der Waals surface area contributed by atoms with Gasteiger partial charge in [-0.05, 0) is 37.8 Å². The molecule has 0 aliphatic heterocycles. The highest BCUT2D eigenvalue weighted by molar-refractivity contribution is 5.77. The topological polar surface area (TPSA) is 17.1 Å². The fourth-order valence-electron chi connectivity index (χ4n) is 1.52. The summed E-state index contributed by atoms with van der Waals surface area (Å²) in [6.07, 6.45) is 2.79. The molecular weight excluding hydrogens is 172 g/mol. The quantitative estimate of drug-likeness (QED) is 0.523. The minimum Gasteiger partial charge on any atom is -0.298 e. The molecule has 0 fully saturated rings. The van der Waals surface area contributed by atoms with Crippen LogP contribution in [0.2, 0.25) is 0 Å². The molecule has 0 bridgehead atoms. The van der Waals surface area contributed by atoms with E-state index in [1.54, 1.807) is 0 Å². The van der Waals surface area contributed by atoms with Crippen LogP contribution >= 0.6 is 0 Å². The normalized spacial score (nSPS) is 9.86. The Hall–Kier alpha value is -1.37. The van der Waals surface area contributed by atoms with Crippen molar-refractivity contribution < 1.29 is 4.79 Å². The third kappa shape index (κ3) is 2.56. The van der Waals surface area contributed by atoms with Crippen LogP contribution in [0.1, 0.15) is 34.8 Å². The van der Waals surface area contributed by atoms with Gasteiger partial charge in [-0.25, -0.2) is 0 Å². The van der Waals surface area contributed by atoms with Crippen LogP contribution < -0.4 is 0 Å². The van der Waals surface area contributed by atoms with E-state index in [-0.39, 0.29) is 0 Å². The first-order valence-electron chi connectivity index (χ1n) is 4.83. The van der Waals surface area contributed by atoms with Gasteiger partial charge in [0, 0.05) is 5.56 Å². The third-order valence-corrected chi connectivity index (χ3v) is 2.38. The molecule has 0 spiro atoms. The van der Waals surface area contributed by atoms with Crippen molar-refractivity contribution in [2.75, 3.05) is 0 Å². The van der Waals surface area contributed by atoms with Gasteiger partial charge < -0.3 is 0 Å². The number of aldehydes is 1. The van der Waals surface area contributed by atoms with E-state index in [1.807, 2.05) is 32.0 Å². The van der Waals surface area contributed by atoms with Crippen LogP contribution in [0.4, 0.5) is 0 Å². The molecular formula is C13H16O. The summed E-state index contributed by atoms with van der Waals surface area (Å²) in [5, 5.41) is 0. The maximum absolute atomic E-state index is 10.8. The van der Waals surface area contributed by atoms with Crippen LogP contribution in [0.15, 0.2) is 30.4 Å². The second-order valence-electron chi connectivity index (χ2n) is 3.72. The molecule has 0 radical (unpaired) electrons. The maximum Gasteiger partial charge on any atom is 0.150 e. The molecule has 0 amide bonds. The average Bonchev–Trinajstić information content (AvgIpc) is 2.15. The van der Waals surface area contributed by atoms with E-state index in [0.717, 1.165) is 35.8 Å². The van der Waals surface area contributed by atoms with E-state index in [2.05, 4.69) is 6.58 Å². The fourth-order valence-corrected chi connectivity index (χ4v) is 1.52. The van der Waals surface area contributed by atoms with Gasteiger partial charge in [0.05, 0.1) is 0 Å². The minimum absolute atomic E-state index is 0.811. The second kappa shape index (κ2) is 4.75. The first kappa shape index (κ1) is 10.7. The summed E-state index contributed by atoms with van der Waals surface area (Å²) in [4.78, 5) is 10.8. The van der Waals surface area contributed by atoms with Crippen LogP contribution in [0.5, 0.6) is 0 Å².